The van der Waals surface area contributed by atoms with E-state index in [0.717, 1.165) is 71.5 Å². The molecule has 3 rings (SSSR count). The molecule has 1 unspecified atom stereocenters. The van der Waals surface area contributed by atoms with E-state index < -0.39 is 0 Å². The van der Waals surface area contributed by atoms with Crippen LogP contribution in [0.15, 0.2) is 103 Å². The van der Waals surface area contributed by atoms with Gasteiger partial charge in [-0.25, -0.2) is 9.38 Å². The molecule has 0 radical (unpaired) electrons. The zero-order valence-electron chi connectivity index (χ0n) is 37.5. The van der Waals surface area contributed by atoms with Crippen LogP contribution in [0, 0.1) is 43.3 Å². The molecule has 0 saturated heterocycles. The van der Waals surface area contributed by atoms with E-state index in [-0.39, 0.29) is 11.4 Å². The van der Waals surface area contributed by atoms with Crippen molar-refractivity contribution in [2.24, 2.45) is 22.1 Å². The maximum atomic E-state index is 14.4. The van der Waals surface area contributed by atoms with Gasteiger partial charge in [-0.3, -0.25) is 0 Å². The minimum absolute atomic E-state index is 0. The Morgan fingerprint density at radius 3 is 1.69 bits per heavy atom. The molecule has 3 aromatic rings. The summed E-state index contributed by atoms with van der Waals surface area (Å²) < 4.78 is 14.4. The first kappa shape index (κ1) is 55.6. The fourth-order valence-electron chi connectivity index (χ4n) is 4.75. The average Bonchev–Trinajstić information content (AvgIpc) is 3.06. The quantitative estimate of drug-likeness (QED) is 0.118. The molecule has 0 heterocycles. The molecule has 0 aromatic heterocycles. The van der Waals surface area contributed by atoms with Crippen molar-refractivity contribution in [3.8, 4) is 12.3 Å². The summed E-state index contributed by atoms with van der Waals surface area (Å²) in [5, 5.41) is 0.828. The third-order valence-corrected chi connectivity index (χ3v) is 7.35. The lowest BCUT2D eigenvalue weighted by molar-refractivity contribution is 0.469. The zero-order chi connectivity index (χ0) is 43.4. The predicted molar refractivity (Wildman–Crippen MR) is 249 cm³/mol. The highest BCUT2D eigenvalue weighted by Crippen LogP contribution is 2.26. The molecule has 0 spiro atoms. The third-order valence-electron chi connectivity index (χ3n) is 7.11. The maximum absolute atomic E-state index is 14.4. The Morgan fingerprint density at radius 2 is 1.35 bits per heavy atom. The molecule has 4 heteroatoms. The van der Waals surface area contributed by atoms with E-state index in [1.807, 2.05) is 66.7 Å². The van der Waals surface area contributed by atoms with E-state index >= 15 is 0 Å². The van der Waals surface area contributed by atoms with Gasteiger partial charge in [0.05, 0.1) is 0 Å². The molecule has 1 atom stereocenters. The SMILES string of the molecule is C#CC(=C)N=C(C)C.C=C.C=C(C)C(CCCc1ccc(CCC)cc1)Cc1c(C)cc(C)cc1F.CC(C)(C)C.CC(C)(C)N.CCc1cccc(Cl)c1. The van der Waals surface area contributed by atoms with Gasteiger partial charge in [0, 0.05) is 16.3 Å². The number of hydrogen-bond donors (Lipinski definition) is 1. The fraction of sp³-hybridized carbons (Fsp3) is 0.471. The summed E-state index contributed by atoms with van der Waals surface area (Å²) in [4.78, 5) is 3.88. The van der Waals surface area contributed by atoms with Gasteiger partial charge in [0.1, 0.15) is 11.5 Å². The van der Waals surface area contributed by atoms with E-state index in [1.165, 1.54) is 23.1 Å². The van der Waals surface area contributed by atoms with Crippen LogP contribution in [0.2, 0.25) is 5.02 Å². The Labute approximate surface area is 344 Å². The lowest BCUT2D eigenvalue weighted by atomic mass is 9.86. The Hall–Kier alpha value is -3.71. The molecular formula is C51H78ClFN2. The normalized spacial score (nSPS) is 10.6. The minimum atomic E-state index is -0.0692. The van der Waals surface area contributed by atoms with Crippen LogP contribution < -0.4 is 5.73 Å². The van der Waals surface area contributed by atoms with E-state index in [2.05, 4.69) is 122 Å². The van der Waals surface area contributed by atoms with Crippen molar-refractivity contribution < 1.29 is 4.39 Å². The highest BCUT2D eigenvalue weighted by Gasteiger charge is 2.15. The number of aliphatic imine (C=N–C) groups is 1. The number of benzene rings is 3. The van der Waals surface area contributed by atoms with Crippen LogP contribution in [0.25, 0.3) is 0 Å². The summed E-state index contributed by atoms with van der Waals surface area (Å²) >= 11 is 5.72. The molecule has 0 fully saturated rings. The van der Waals surface area contributed by atoms with Gasteiger partial charge in [-0.1, -0.05) is 127 Å². The van der Waals surface area contributed by atoms with Gasteiger partial charge in [-0.2, -0.15) is 0 Å². The monoisotopic (exact) mass is 773 g/mol. The average molecular weight is 774 g/mol. The lowest BCUT2D eigenvalue weighted by Crippen LogP contribution is -2.26. The molecule has 306 valence electrons. The number of nitrogens with two attached hydrogens (primary N) is 1. The Kier molecular flexibility index (Phi) is 30.8. The highest BCUT2D eigenvalue weighted by atomic mass is 35.5. The van der Waals surface area contributed by atoms with E-state index in [9.17, 15) is 4.39 Å². The van der Waals surface area contributed by atoms with Gasteiger partial charge in [0.2, 0.25) is 0 Å². The number of hydrogen-bond acceptors (Lipinski definition) is 2. The van der Waals surface area contributed by atoms with Crippen LogP contribution in [0.1, 0.15) is 136 Å². The second kappa shape index (κ2) is 30.5. The minimum Gasteiger partial charge on any atom is -0.326 e. The number of aryl methyl sites for hydroxylation is 5. The molecule has 2 nitrogen and oxygen atoms in total. The van der Waals surface area contributed by atoms with Crippen LogP contribution in [0.4, 0.5) is 4.39 Å². The molecule has 0 aliphatic rings. The summed E-state index contributed by atoms with van der Waals surface area (Å²) in [6.45, 7) is 42.4. The number of halogens is 2. The van der Waals surface area contributed by atoms with Crippen molar-refractivity contribution >= 4 is 17.3 Å². The van der Waals surface area contributed by atoms with Crippen LogP contribution in [-0.2, 0) is 25.7 Å². The van der Waals surface area contributed by atoms with Crippen molar-refractivity contribution in [1.29, 1.82) is 0 Å². The van der Waals surface area contributed by atoms with Crippen LogP contribution in [0.5, 0.6) is 0 Å². The number of nitrogens with zero attached hydrogens (tertiary/aromatic N) is 1. The van der Waals surface area contributed by atoms with Gasteiger partial charge in [0.25, 0.3) is 0 Å². The van der Waals surface area contributed by atoms with Crippen molar-refractivity contribution in [2.75, 3.05) is 0 Å². The van der Waals surface area contributed by atoms with Crippen molar-refractivity contribution in [3.63, 3.8) is 0 Å². The second-order valence-corrected chi connectivity index (χ2v) is 17.2. The predicted octanol–water partition coefficient (Wildman–Crippen LogP) is 15.3. The van der Waals surface area contributed by atoms with E-state index in [1.54, 1.807) is 6.07 Å². The summed E-state index contributed by atoms with van der Waals surface area (Å²) in [6.07, 6.45) is 12.4. The van der Waals surface area contributed by atoms with Gasteiger partial charge in [-0.05, 0) is 157 Å². The topological polar surface area (TPSA) is 38.4 Å². The molecule has 55 heavy (non-hydrogen) atoms. The van der Waals surface area contributed by atoms with E-state index in [4.69, 9.17) is 23.8 Å². The van der Waals surface area contributed by atoms with Gasteiger partial charge in [0.15, 0.2) is 0 Å². The molecule has 0 aliphatic carbocycles. The second-order valence-electron chi connectivity index (χ2n) is 16.7. The van der Waals surface area contributed by atoms with Gasteiger partial charge < -0.3 is 5.73 Å². The molecule has 0 bridgehead atoms. The summed E-state index contributed by atoms with van der Waals surface area (Å²) in [7, 11) is 0. The van der Waals surface area contributed by atoms with Gasteiger partial charge >= 0.3 is 0 Å². The largest absolute Gasteiger partial charge is 0.326 e. The van der Waals surface area contributed by atoms with Crippen molar-refractivity contribution in [3.05, 3.63) is 142 Å². The fourth-order valence-corrected chi connectivity index (χ4v) is 4.96. The summed E-state index contributed by atoms with van der Waals surface area (Å²) in [6, 6.07) is 20.7. The highest BCUT2D eigenvalue weighted by molar-refractivity contribution is 6.30. The van der Waals surface area contributed by atoms with Crippen molar-refractivity contribution in [2.45, 2.75) is 147 Å². The first-order chi connectivity index (χ1) is 25.4. The zero-order valence-corrected chi connectivity index (χ0v) is 38.2. The first-order valence-corrected chi connectivity index (χ1v) is 20.0. The van der Waals surface area contributed by atoms with Crippen LogP contribution in [0.3, 0.4) is 0 Å². The molecule has 0 saturated carbocycles. The molecular weight excluding hydrogens is 695 g/mol. The van der Waals surface area contributed by atoms with Crippen LogP contribution >= 0.6 is 11.6 Å². The van der Waals surface area contributed by atoms with Crippen LogP contribution in [-0.4, -0.2) is 11.3 Å². The number of terminal acetylenes is 1. The smallest absolute Gasteiger partial charge is 0.126 e. The molecule has 0 aliphatic heterocycles. The molecule has 3 aromatic carbocycles. The molecule has 2 N–H and O–H groups in total. The Morgan fingerprint density at radius 1 is 0.855 bits per heavy atom. The number of allylic oxidation sites excluding steroid dienone is 2. The van der Waals surface area contributed by atoms with Crippen molar-refractivity contribution in [1.82, 2.24) is 0 Å². The standard InChI is InChI=1S/C25H33F.C8H9Cl.C7H9N.C5H12.C4H11N.C2H4/c1-6-8-21-11-13-22(14-12-21)9-7-10-23(18(2)3)17-24-20(5)15-19(4)16-25(24)26;1-2-7-4-3-5-8(9)6-7;1-5-7(4)8-6(2)3;1-5(2,3)4;1-4(2,3)5;1-2/h11-16,23H,2,6-10,17H2,1,3-5H3;3-6H,2H2,1H3;1H,4H2,2-3H3;1-4H3;5H2,1-3H3;1-2H2. The molecule has 0 amide bonds. The summed E-state index contributed by atoms with van der Waals surface area (Å²) in [5.74, 6) is 2.58. The summed E-state index contributed by atoms with van der Waals surface area (Å²) in [5.41, 5.74) is 15.4. The Bertz CT molecular complexity index is 1530. The third kappa shape index (κ3) is 35.7. The van der Waals surface area contributed by atoms with E-state index in [0.29, 0.717) is 17.0 Å². The maximum Gasteiger partial charge on any atom is 0.126 e. The first-order valence-electron chi connectivity index (χ1n) is 19.6. The number of rotatable bonds is 11. The van der Waals surface area contributed by atoms with Gasteiger partial charge in [-0.15, -0.1) is 19.6 Å². The Balaban J connectivity index is -0.000000756. The lowest BCUT2D eigenvalue weighted by Gasteiger charge is -2.19.